The Labute approximate surface area is 190 Å². The highest BCUT2D eigenvalue weighted by Crippen LogP contribution is 2.54. The summed E-state index contributed by atoms with van der Waals surface area (Å²) in [4.78, 5) is 48.3. The lowest BCUT2D eigenvalue weighted by Gasteiger charge is -2.29. The molecule has 0 saturated carbocycles. The fourth-order valence-electron chi connectivity index (χ4n) is 4.65. The van der Waals surface area contributed by atoms with Crippen molar-refractivity contribution in [1.82, 2.24) is 0 Å². The second kappa shape index (κ2) is 8.30. The molecule has 3 aliphatic rings. The highest BCUT2D eigenvalue weighted by Gasteiger charge is 2.57. The Morgan fingerprint density at radius 3 is 2.58 bits per heavy atom. The van der Waals surface area contributed by atoms with E-state index >= 15 is 0 Å². The van der Waals surface area contributed by atoms with E-state index in [0.717, 1.165) is 0 Å². The maximum Gasteiger partial charge on any atom is 0.338 e. The first-order valence-corrected chi connectivity index (χ1v) is 10.7. The SMILES string of the molecule is C=C(C=O)C1C[C@H](OC(C)=O)C2=C[C@@H](C[C@]3(C)O[C@H]3c3cc(C)c(o3)[C@@H]1OC(C)=O)OC2=O. The van der Waals surface area contributed by atoms with Crippen LogP contribution in [-0.2, 0) is 38.1 Å². The zero-order valence-electron chi connectivity index (χ0n) is 18.9. The standard InChI is InChI=1S/C24H26O9/c1-11-6-19-22-24(5,33-22)9-15-7-17(23(28)31-15)18(29-13(3)26)8-16(12(2)10-25)21(20(11)32-19)30-14(4)27/h6-7,10,15-16,18,21-22H,2,8-9H2,1,3-5H3/t15-,16?,18-,21+,22-,24-/m0/s1. The second-order valence-corrected chi connectivity index (χ2v) is 8.94. The van der Waals surface area contributed by atoms with E-state index in [0.29, 0.717) is 29.8 Å². The van der Waals surface area contributed by atoms with E-state index < -0.39 is 47.7 Å². The predicted molar refractivity (Wildman–Crippen MR) is 112 cm³/mol. The van der Waals surface area contributed by atoms with Gasteiger partial charge in [-0.15, -0.1) is 0 Å². The van der Waals surface area contributed by atoms with Gasteiger partial charge in [0.2, 0.25) is 0 Å². The van der Waals surface area contributed by atoms with Gasteiger partial charge in [-0.3, -0.25) is 14.4 Å². The third-order valence-electron chi connectivity index (χ3n) is 6.25. The van der Waals surface area contributed by atoms with Crippen molar-refractivity contribution in [2.45, 2.75) is 70.6 Å². The van der Waals surface area contributed by atoms with Gasteiger partial charge < -0.3 is 23.4 Å². The highest BCUT2D eigenvalue weighted by molar-refractivity contribution is 5.92. The molecule has 33 heavy (non-hydrogen) atoms. The van der Waals surface area contributed by atoms with Crippen LogP contribution in [0.2, 0.25) is 0 Å². The monoisotopic (exact) mass is 458 g/mol. The molecule has 0 amide bonds. The Morgan fingerprint density at radius 1 is 1.24 bits per heavy atom. The van der Waals surface area contributed by atoms with Gasteiger partial charge in [0.05, 0.1) is 5.57 Å². The van der Waals surface area contributed by atoms with Gasteiger partial charge in [0.15, 0.2) is 6.10 Å². The van der Waals surface area contributed by atoms with E-state index in [2.05, 4.69) is 6.58 Å². The minimum absolute atomic E-state index is 0.0462. The molecule has 0 N–H and O–H groups in total. The van der Waals surface area contributed by atoms with Crippen LogP contribution in [-0.4, -0.2) is 42.0 Å². The van der Waals surface area contributed by atoms with Gasteiger partial charge in [-0.1, -0.05) is 6.58 Å². The minimum Gasteiger partial charge on any atom is -0.459 e. The third-order valence-corrected chi connectivity index (χ3v) is 6.25. The molecule has 4 rings (SSSR count). The van der Waals surface area contributed by atoms with Crippen molar-refractivity contribution in [2.24, 2.45) is 5.92 Å². The summed E-state index contributed by atoms with van der Waals surface area (Å²) in [5, 5.41) is 0. The van der Waals surface area contributed by atoms with Gasteiger partial charge in [-0.2, -0.15) is 0 Å². The van der Waals surface area contributed by atoms with Crippen LogP contribution in [0, 0.1) is 12.8 Å². The van der Waals surface area contributed by atoms with Crippen molar-refractivity contribution in [1.29, 1.82) is 0 Å². The van der Waals surface area contributed by atoms with Crippen LogP contribution in [0.4, 0.5) is 0 Å². The molecule has 1 aromatic heterocycles. The van der Waals surface area contributed by atoms with Crippen LogP contribution in [0.25, 0.3) is 0 Å². The van der Waals surface area contributed by atoms with Gasteiger partial charge in [-0.05, 0) is 43.5 Å². The molecule has 0 aromatic carbocycles. The van der Waals surface area contributed by atoms with E-state index in [1.54, 1.807) is 19.1 Å². The van der Waals surface area contributed by atoms with Crippen molar-refractivity contribution in [3.05, 3.63) is 47.0 Å². The highest BCUT2D eigenvalue weighted by atomic mass is 16.6. The summed E-state index contributed by atoms with van der Waals surface area (Å²) in [6.07, 6.45) is -0.523. The zero-order valence-corrected chi connectivity index (χ0v) is 18.9. The molecule has 1 saturated heterocycles. The number of carbonyl (C=O) groups excluding carboxylic acids is 4. The Bertz CT molecular complexity index is 1060. The molecule has 6 atom stereocenters. The van der Waals surface area contributed by atoms with Crippen molar-refractivity contribution >= 4 is 24.2 Å². The summed E-state index contributed by atoms with van der Waals surface area (Å²) in [5.41, 5.74) is 0.332. The number of ether oxygens (including phenoxy) is 4. The van der Waals surface area contributed by atoms with Gasteiger partial charge >= 0.3 is 17.9 Å². The van der Waals surface area contributed by atoms with Crippen LogP contribution in [0.1, 0.15) is 62.9 Å². The molecule has 1 unspecified atom stereocenters. The fourth-order valence-corrected chi connectivity index (χ4v) is 4.65. The van der Waals surface area contributed by atoms with E-state index in [9.17, 15) is 19.2 Å². The number of fused-ring (bicyclic) bond motifs is 5. The number of epoxide rings is 1. The Balaban J connectivity index is 1.86. The average molecular weight is 458 g/mol. The second-order valence-electron chi connectivity index (χ2n) is 8.94. The molecule has 4 heterocycles. The van der Waals surface area contributed by atoms with Crippen LogP contribution < -0.4 is 0 Å². The smallest absolute Gasteiger partial charge is 0.338 e. The third kappa shape index (κ3) is 4.37. The van der Waals surface area contributed by atoms with Crippen molar-refractivity contribution < 1.29 is 42.5 Å². The molecular weight excluding hydrogens is 432 g/mol. The molecule has 0 spiro atoms. The molecule has 9 heteroatoms. The largest absolute Gasteiger partial charge is 0.459 e. The quantitative estimate of drug-likeness (QED) is 0.220. The maximum atomic E-state index is 12.7. The van der Waals surface area contributed by atoms with Gasteiger partial charge in [0.1, 0.15) is 41.7 Å². The van der Waals surface area contributed by atoms with E-state index in [-0.39, 0.29) is 23.7 Å². The molecular formula is C24H26O9. The first-order chi connectivity index (χ1) is 15.5. The Morgan fingerprint density at radius 2 is 1.94 bits per heavy atom. The number of hydrogen-bond acceptors (Lipinski definition) is 9. The van der Waals surface area contributed by atoms with Gasteiger partial charge in [0.25, 0.3) is 0 Å². The lowest BCUT2D eigenvalue weighted by molar-refractivity contribution is -0.154. The van der Waals surface area contributed by atoms with Crippen molar-refractivity contribution in [3.8, 4) is 0 Å². The Kier molecular flexibility index (Phi) is 5.78. The molecule has 176 valence electrons. The fraction of sp³-hybridized carbons (Fsp3) is 0.500. The van der Waals surface area contributed by atoms with Crippen molar-refractivity contribution in [2.75, 3.05) is 0 Å². The number of aryl methyl sites for hydroxylation is 1. The molecule has 0 aliphatic carbocycles. The summed E-state index contributed by atoms with van der Waals surface area (Å²) in [7, 11) is 0. The number of aldehydes is 1. The number of hydrogen-bond donors (Lipinski definition) is 0. The van der Waals surface area contributed by atoms with E-state index in [1.807, 2.05) is 6.92 Å². The lowest BCUT2D eigenvalue weighted by atomic mass is 9.85. The topological polar surface area (TPSA) is 122 Å². The summed E-state index contributed by atoms with van der Waals surface area (Å²) in [6, 6.07) is 1.81. The predicted octanol–water partition coefficient (Wildman–Crippen LogP) is 2.97. The van der Waals surface area contributed by atoms with Crippen LogP contribution >= 0.6 is 0 Å². The maximum absolute atomic E-state index is 12.7. The Hall–Kier alpha value is -3.20. The first kappa shape index (κ1) is 23.0. The number of carbonyl (C=O) groups is 4. The first-order valence-electron chi connectivity index (χ1n) is 10.7. The summed E-state index contributed by atoms with van der Waals surface area (Å²) in [5.74, 6) is -1.78. The number of rotatable bonds is 4. The van der Waals surface area contributed by atoms with E-state index in [4.69, 9.17) is 23.4 Å². The van der Waals surface area contributed by atoms with Gasteiger partial charge in [-0.25, -0.2) is 4.79 Å². The molecule has 9 nitrogen and oxygen atoms in total. The normalized spacial score (nSPS) is 32.7. The van der Waals surface area contributed by atoms with E-state index in [1.165, 1.54) is 13.8 Å². The molecule has 1 fully saturated rings. The average Bonchev–Trinajstić information content (AvgIpc) is 3.02. The summed E-state index contributed by atoms with van der Waals surface area (Å²) >= 11 is 0. The minimum atomic E-state index is -1.04. The molecule has 3 aliphatic heterocycles. The summed E-state index contributed by atoms with van der Waals surface area (Å²) < 4.78 is 28.6. The molecule has 0 radical (unpaired) electrons. The lowest BCUT2D eigenvalue weighted by Crippen LogP contribution is -2.30. The van der Waals surface area contributed by atoms with Crippen LogP contribution in [0.5, 0.6) is 0 Å². The summed E-state index contributed by atoms with van der Waals surface area (Å²) in [6.45, 7) is 9.97. The number of furan rings is 1. The number of esters is 3. The zero-order chi connectivity index (χ0) is 24.1. The molecule has 1 aromatic rings. The van der Waals surface area contributed by atoms with Crippen LogP contribution in [0.15, 0.2) is 34.3 Å². The van der Waals surface area contributed by atoms with Crippen molar-refractivity contribution in [3.63, 3.8) is 0 Å². The molecule has 4 bridgehead atoms. The van der Waals surface area contributed by atoms with Gasteiger partial charge in [0, 0.05) is 26.2 Å². The van der Waals surface area contributed by atoms with Crippen LogP contribution in [0.3, 0.4) is 0 Å².